The van der Waals surface area contributed by atoms with Gasteiger partial charge in [-0.3, -0.25) is 0 Å². The second-order valence-electron chi connectivity index (χ2n) is 16.5. The van der Waals surface area contributed by atoms with Gasteiger partial charge >= 0.3 is 0 Å². The van der Waals surface area contributed by atoms with Gasteiger partial charge in [-0.15, -0.1) is 0 Å². The minimum atomic E-state index is 0.462. The van der Waals surface area contributed by atoms with Gasteiger partial charge in [0, 0.05) is 54.8 Å². The molecular weight excluding hydrogens is 777 g/mol. The normalized spacial score (nSPS) is 12.4. The maximum Gasteiger partial charge on any atom is 0.131 e. The Kier molecular flexibility index (Phi) is 9.01. The molecule has 0 spiro atoms. The van der Waals surface area contributed by atoms with Crippen molar-refractivity contribution in [1.29, 1.82) is 0 Å². The van der Waals surface area contributed by atoms with E-state index in [1.807, 2.05) is 30.3 Å². The van der Waals surface area contributed by atoms with Crippen molar-refractivity contribution in [3.8, 4) is 22.5 Å². The number of aromatic nitrogens is 2. The number of nitrogens with two attached hydrogens (primary N) is 1. The van der Waals surface area contributed by atoms with Crippen molar-refractivity contribution in [2.75, 3.05) is 0 Å². The Morgan fingerprint density at radius 1 is 0.406 bits per heavy atom. The number of allylic oxidation sites excluding steroid dienone is 1. The van der Waals surface area contributed by atoms with Crippen LogP contribution in [0.4, 0.5) is 0 Å². The third kappa shape index (κ3) is 6.35. The van der Waals surface area contributed by atoms with Gasteiger partial charge in [-0.25, -0.2) is 4.99 Å². The Balaban J connectivity index is 1.16. The predicted octanol–water partition coefficient (Wildman–Crippen LogP) is 14.8. The Labute approximate surface area is 371 Å². The second kappa shape index (κ2) is 15.5. The predicted molar refractivity (Wildman–Crippen MR) is 271 cm³/mol. The van der Waals surface area contributed by atoms with Gasteiger partial charge < -0.3 is 14.9 Å². The summed E-state index contributed by atoms with van der Waals surface area (Å²) in [5.74, 6) is 0.462. The first-order valence-corrected chi connectivity index (χ1v) is 21.9. The monoisotopic (exact) mass is 818 g/mol. The molecule has 0 radical (unpaired) electrons. The molecule has 0 aliphatic carbocycles. The number of para-hydroxylation sites is 2. The van der Waals surface area contributed by atoms with E-state index in [4.69, 9.17) is 10.7 Å². The number of amidine groups is 1. The van der Waals surface area contributed by atoms with Gasteiger partial charge in [-0.05, 0) is 64.2 Å². The molecule has 4 nitrogen and oxygen atoms in total. The fourth-order valence-electron chi connectivity index (χ4n) is 9.71. The molecular formula is C60H42N4. The largest absolute Gasteiger partial charge is 0.383 e. The van der Waals surface area contributed by atoms with Crippen molar-refractivity contribution in [3.63, 3.8) is 0 Å². The first-order chi connectivity index (χ1) is 31.7. The van der Waals surface area contributed by atoms with E-state index in [-0.39, 0.29) is 0 Å². The van der Waals surface area contributed by atoms with Crippen molar-refractivity contribution < 1.29 is 0 Å². The molecule has 0 bridgehead atoms. The molecule has 2 heterocycles. The number of fused-ring (bicyclic) bond motifs is 10. The van der Waals surface area contributed by atoms with Crippen LogP contribution in [-0.2, 0) is 6.42 Å². The minimum absolute atomic E-state index is 0.462. The summed E-state index contributed by atoms with van der Waals surface area (Å²) in [6, 6.07) is 80.4. The van der Waals surface area contributed by atoms with E-state index in [0.29, 0.717) is 12.3 Å². The fourth-order valence-corrected chi connectivity index (χ4v) is 9.71. The topological polar surface area (TPSA) is 48.2 Å². The van der Waals surface area contributed by atoms with E-state index in [0.717, 1.165) is 39.2 Å². The van der Waals surface area contributed by atoms with Crippen molar-refractivity contribution >= 4 is 76.7 Å². The van der Waals surface area contributed by atoms with Crippen molar-refractivity contribution in [2.24, 2.45) is 10.7 Å². The summed E-state index contributed by atoms with van der Waals surface area (Å²) in [6.07, 6.45) is 2.90. The zero-order chi connectivity index (χ0) is 42.6. The zero-order valence-electron chi connectivity index (χ0n) is 35.1. The van der Waals surface area contributed by atoms with E-state index in [1.165, 1.54) is 70.8 Å². The summed E-state index contributed by atoms with van der Waals surface area (Å²) in [5.41, 5.74) is 19.9. The third-order valence-corrected chi connectivity index (χ3v) is 12.7. The Bertz CT molecular complexity index is 3620. The summed E-state index contributed by atoms with van der Waals surface area (Å²) in [4.78, 5) is 5.33. The van der Waals surface area contributed by atoms with Gasteiger partial charge in [0.05, 0.1) is 27.8 Å². The highest BCUT2D eigenvalue weighted by molar-refractivity contribution is 6.20. The van der Waals surface area contributed by atoms with Gasteiger partial charge in [0.1, 0.15) is 5.84 Å². The van der Waals surface area contributed by atoms with Gasteiger partial charge in [-0.2, -0.15) is 0 Å². The van der Waals surface area contributed by atoms with Crippen LogP contribution in [0.15, 0.2) is 236 Å². The van der Waals surface area contributed by atoms with E-state index in [2.05, 4.69) is 209 Å². The number of nitrogens with zero attached hydrogens (tertiary/aromatic N) is 3. The summed E-state index contributed by atoms with van der Waals surface area (Å²) >= 11 is 0. The maximum atomic E-state index is 6.97. The fraction of sp³-hybridized carbons (Fsp3) is 0.0167. The Morgan fingerprint density at radius 2 is 0.875 bits per heavy atom. The van der Waals surface area contributed by atoms with Crippen LogP contribution < -0.4 is 5.73 Å². The highest BCUT2D eigenvalue weighted by Crippen LogP contribution is 2.41. The van der Waals surface area contributed by atoms with E-state index in [9.17, 15) is 0 Å². The lowest BCUT2D eigenvalue weighted by Crippen LogP contribution is -2.13. The molecule has 0 aliphatic rings. The van der Waals surface area contributed by atoms with Crippen molar-refractivity contribution in [3.05, 3.63) is 247 Å². The SMILES string of the molecule is NC(=N/C(=C\Cc1ccc(-c2ccccc2)cc1)c1cc(-n2c3ccccc3c3ccc4ccccc4c32)cc(-n2c3ccccc3c3ccc4ccccc4c32)c1)c1ccccc1. The molecule has 0 atom stereocenters. The van der Waals surface area contributed by atoms with Crippen molar-refractivity contribution in [1.82, 2.24) is 9.13 Å². The molecule has 2 N–H and O–H groups in total. The molecule has 4 heteroatoms. The molecule has 0 aliphatic heterocycles. The van der Waals surface area contributed by atoms with Crippen LogP contribution in [0.5, 0.6) is 0 Å². The Morgan fingerprint density at radius 3 is 1.44 bits per heavy atom. The van der Waals surface area contributed by atoms with Crippen LogP contribution in [0.2, 0.25) is 0 Å². The maximum absolute atomic E-state index is 6.97. The number of benzene rings is 10. The summed E-state index contributed by atoms with van der Waals surface area (Å²) in [7, 11) is 0. The number of hydrogen-bond donors (Lipinski definition) is 1. The third-order valence-electron chi connectivity index (χ3n) is 12.7. The highest BCUT2D eigenvalue weighted by Gasteiger charge is 2.20. The van der Waals surface area contributed by atoms with Crippen LogP contribution in [0.1, 0.15) is 16.7 Å². The average molecular weight is 819 g/mol. The lowest BCUT2D eigenvalue weighted by Gasteiger charge is -2.17. The molecule has 0 fully saturated rings. The molecule has 302 valence electrons. The van der Waals surface area contributed by atoms with Gasteiger partial charge in [-0.1, -0.05) is 200 Å². The minimum Gasteiger partial charge on any atom is -0.383 e. The molecule has 0 saturated carbocycles. The molecule has 12 rings (SSSR count). The molecule has 64 heavy (non-hydrogen) atoms. The standard InChI is InChI=1S/C60H42N4/c61-60(45-19-5-2-6-20-45)62-55(36-29-40-27-30-42(31-28-40)41-15-3-1-4-16-41)46-37-47(63-56-25-13-11-23-51(56)53-34-32-43-17-7-9-21-49(43)58(53)63)39-48(38-46)64-57-26-14-12-24-52(57)54-35-33-44-18-8-10-22-50(44)59(54)64/h1-28,30-39H,29H2,(H2,61,62)/b55-36-. The van der Waals surface area contributed by atoms with Gasteiger partial charge in [0.2, 0.25) is 0 Å². The molecule has 0 amide bonds. The number of hydrogen-bond acceptors (Lipinski definition) is 1. The molecule has 10 aromatic carbocycles. The highest BCUT2D eigenvalue weighted by atomic mass is 15.0. The number of rotatable bonds is 8. The van der Waals surface area contributed by atoms with Gasteiger partial charge in [0.25, 0.3) is 0 Å². The summed E-state index contributed by atoms with van der Waals surface area (Å²) in [6.45, 7) is 0. The van der Waals surface area contributed by atoms with Gasteiger partial charge in [0.15, 0.2) is 0 Å². The number of aliphatic imine (C=N–C) groups is 1. The van der Waals surface area contributed by atoms with E-state index >= 15 is 0 Å². The van der Waals surface area contributed by atoms with Crippen LogP contribution >= 0.6 is 0 Å². The summed E-state index contributed by atoms with van der Waals surface area (Å²) in [5, 5.41) is 9.64. The van der Waals surface area contributed by atoms with Crippen LogP contribution in [0.3, 0.4) is 0 Å². The molecule has 0 unspecified atom stereocenters. The van der Waals surface area contributed by atoms with Crippen molar-refractivity contribution in [2.45, 2.75) is 6.42 Å². The van der Waals surface area contributed by atoms with E-state index in [1.54, 1.807) is 0 Å². The molecule has 2 aromatic heterocycles. The average Bonchev–Trinajstić information content (AvgIpc) is 3.90. The van der Waals surface area contributed by atoms with Crippen LogP contribution in [0, 0.1) is 0 Å². The zero-order valence-corrected chi connectivity index (χ0v) is 35.1. The Hall–Kier alpha value is -8.47. The smallest absolute Gasteiger partial charge is 0.131 e. The lowest BCUT2D eigenvalue weighted by molar-refractivity contribution is 1.13. The first kappa shape index (κ1) is 37.3. The quantitative estimate of drug-likeness (QED) is 0.120. The van der Waals surface area contributed by atoms with E-state index < -0.39 is 0 Å². The molecule has 12 aromatic rings. The second-order valence-corrected chi connectivity index (χ2v) is 16.5. The summed E-state index contributed by atoms with van der Waals surface area (Å²) < 4.78 is 4.91. The molecule has 0 saturated heterocycles. The first-order valence-electron chi connectivity index (χ1n) is 21.9. The van der Waals surface area contributed by atoms with Crippen LogP contribution in [-0.4, -0.2) is 15.0 Å². The van der Waals surface area contributed by atoms with Crippen LogP contribution in [0.25, 0.3) is 93.4 Å². The lowest BCUT2D eigenvalue weighted by atomic mass is 10.0.